The largest absolute Gasteiger partial charge is 0.356 e. The molecule has 35 heavy (non-hydrogen) atoms. The van der Waals surface area contributed by atoms with Crippen LogP contribution >= 0.6 is 11.8 Å². The van der Waals surface area contributed by atoms with Crippen molar-refractivity contribution in [2.24, 2.45) is 0 Å². The van der Waals surface area contributed by atoms with Crippen LogP contribution in [0.25, 0.3) is 16.6 Å². The maximum atomic E-state index is 13.4. The molecular weight excluding hydrogens is 463 g/mol. The number of rotatable bonds is 11. The van der Waals surface area contributed by atoms with Crippen LogP contribution in [0, 0.1) is 5.82 Å². The van der Waals surface area contributed by atoms with Gasteiger partial charge in [0.15, 0.2) is 5.16 Å². The fourth-order valence-corrected chi connectivity index (χ4v) is 4.73. The van der Waals surface area contributed by atoms with E-state index in [1.54, 1.807) is 29.0 Å². The number of thioether (sulfide) groups is 1. The lowest BCUT2D eigenvalue weighted by molar-refractivity contribution is -0.121. The second kappa shape index (κ2) is 12.3. The molecule has 6 nitrogen and oxygen atoms in total. The zero-order valence-electron chi connectivity index (χ0n) is 19.3. The summed E-state index contributed by atoms with van der Waals surface area (Å²) in [6.07, 6.45) is 5.54. The molecule has 0 aliphatic heterocycles. The number of amides is 1. The Labute approximate surface area is 207 Å². The van der Waals surface area contributed by atoms with Crippen LogP contribution in [0.15, 0.2) is 82.9 Å². The predicted octanol–water partition coefficient (Wildman–Crippen LogP) is 4.93. The molecule has 0 fully saturated rings. The van der Waals surface area contributed by atoms with Gasteiger partial charge >= 0.3 is 0 Å². The van der Waals surface area contributed by atoms with Gasteiger partial charge in [0.1, 0.15) is 5.82 Å². The standard InChI is InChI=1S/C27H27FN4O2S/c28-20-12-14-22(15-13-20)32-26(34)23-9-3-4-10-24(23)31-27(32)35-19-7-1-2-11-25(33)30-18-16-21-8-5-6-17-29-21/h3-6,8-10,12-15,17H,1-2,7,11,16,18-19H2,(H,30,33). The molecule has 1 amide bonds. The van der Waals surface area contributed by atoms with E-state index < -0.39 is 0 Å². The Bertz CT molecular complexity index is 1330. The molecule has 1 N–H and O–H groups in total. The van der Waals surface area contributed by atoms with Gasteiger partial charge in [0.2, 0.25) is 5.91 Å². The molecule has 0 bridgehead atoms. The normalized spacial score (nSPS) is 11.0. The Morgan fingerprint density at radius 2 is 1.77 bits per heavy atom. The van der Waals surface area contributed by atoms with Gasteiger partial charge in [-0.15, -0.1) is 0 Å². The van der Waals surface area contributed by atoms with E-state index in [9.17, 15) is 14.0 Å². The van der Waals surface area contributed by atoms with Crippen LogP contribution in [0.4, 0.5) is 4.39 Å². The summed E-state index contributed by atoms with van der Waals surface area (Å²) in [5.41, 5.74) is 2.01. The maximum Gasteiger partial charge on any atom is 0.266 e. The van der Waals surface area contributed by atoms with Crippen molar-refractivity contribution in [1.29, 1.82) is 0 Å². The van der Waals surface area contributed by atoms with Crippen LogP contribution in [0.5, 0.6) is 0 Å². The third-order valence-corrected chi connectivity index (χ3v) is 6.56. The first kappa shape index (κ1) is 24.6. The number of hydrogen-bond donors (Lipinski definition) is 1. The number of aromatic nitrogens is 3. The SMILES string of the molecule is O=C(CCCCCSc1nc2ccccc2c(=O)n1-c1ccc(F)cc1)NCCc1ccccn1. The number of benzene rings is 2. The van der Waals surface area contributed by atoms with E-state index in [0.29, 0.717) is 34.7 Å². The van der Waals surface area contributed by atoms with Crippen LogP contribution in [0.1, 0.15) is 31.4 Å². The van der Waals surface area contributed by atoms with Crippen molar-refractivity contribution < 1.29 is 9.18 Å². The number of carbonyl (C=O) groups excluding carboxylic acids is 1. The Balaban J connectivity index is 1.29. The number of nitrogens with zero attached hydrogens (tertiary/aromatic N) is 3. The van der Waals surface area contributed by atoms with E-state index in [1.807, 2.05) is 36.4 Å². The summed E-state index contributed by atoms with van der Waals surface area (Å²) < 4.78 is 15.0. The van der Waals surface area contributed by atoms with Gasteiger partial charge in [-0.2, -0.15) is 0 Å². The molecule has 0 atom stereocenters. The lowest BCUT2D eigenvalue weighted by atomic mass is 10.2. The number of pyridine rings is 1. The number of carbonyl (C=O) groups is 1. The molecule has 0 aliphatic carbocycles. The van der Waals surface area contributed by atoms with Gasteiger partial charge in [0, 0.05) is 37.0 Å². The van der Waals surface area contributed by atoms with Crippen molar-refractivity contribution in [3.8, 4) is 5.69 Å². The number of halogens is 1. The minimum atomic E-state index is -0.356. The highest BCUT2D eigenvalue weighted by Gasteiger charge is 2.13. The number of nitrogens with one attached hydrogen (secondary N) is 1. The van der Waals surface area contributed by atoms with E-state index in [-0.39, 0.29) is 17.3 Å². The van der Waals surface area contributed by atoms with E-state index in [0.717, 1.165) is 37.1 Å². The smallest absolute Gasteiger partial charge is 0.266 e. The first-order valence-electron chi connectivity index (χ1n) is 11.7. The third-order valence-electron chi connectivity index (χ3n) is 5.54. The second-order valence-corrected chi connectivity index (χ2v) is 9.17. The zero-order valence-corrected chi connectivity index (χ0v) is 20.1. The molecule has 0 spiro atoms. The van der Waals surface area contributed by atoms with Crippen LogP contribution in [-0.4, -0.2) is 32.7 Å². The highest BCUT2D eigenvalue weighted by atomic mass is 32.2. The summed E-state index contributed by atoms with van der Waals surface area (Å²) in [7, 11) is 0. The molecule has 2 aromatic carbocycles. The van der Waals surface area contributed by atoms with E-state index in [2.05, 4.69) is 10.3 Å². The molecule has 0 aliphatic rings. The highest BCUT2D eigenvalue weighted by Crippen LogP contribution is 2.23. The van der Waals surface area contributed by atoms with Gasteiger partial charge < -0.3 is 5.32 Å². The van der Waals surface area contributed by atoms with Crippen molar-refractivity contribution >= 4 is 28.6 Å². The lowest BCUT2D eigenvalue weighted by Crippen LogP contribution is -2.25. The number of hydrogen-bond acceptors (Lipinski definition) is 5. The Morgan fingerprint density at radius 3 is 2.57 bits per heavy atom. The summed E-state index contributed by atoms with van der Waals surface area (Å²) in [5, 5.41) is 4.04. The van der Waals surface area contributed by atoms with Crippen molar-refractivity contribution in [3.05, 3.63) is 94.8 Å². The van der Waals surface area contributed by atoms with Gasteiger partial charge in [-0.25, -0.2) is 9.37 Å². The molecule has 0 unspecified atom stereocenters. The molecule has 0 saturated heterocycles. The molecule has 0 radical (unpaired) electrons. The maximum absolute atomic E-state index is 13.4. The van der Waals surface area contributed by atoms with Gasteiger partial charge in [-0.1, -0.05) is 36.4 Å². The molecule has 4 rings (SSSR count). The topological polar surface area (TPSA) is 76.9 Å². The van der Waals surface area contributed by atoms with Crippen LogP contribution in [-0.2, 0) is 11.2 Å². The van der Waals surface area contributed by atoms with Gasteiger partial charge in [0.25, 0.3) is 5.56 Å². The minimum Gasteiger partial charge on any atom is -0.356 e. The quantitative estimate of drug-likeness (QED) is 0.183. The first-order valence-corrected chi connectivity index (χ1v) is 12.7. The number of fused-ring (bicyclic) bond motifs is 1. The Kier molecular flexibility index (Phi) is 8.62. The molecule has 4 aromatic rings. The third kappa shape index (κ3) is 6.76. The van der Waals surface area contributed by atoms with Gasteiger partial charge in [0.05, 0.1) is 16.6 Å². The second-order valence-electron chi connectivity index (χ2n) is 8.11. The molecule has 0 saturated carbocycles. The fourth-order valence-electron chi connectivity index (χ4n) is 3.72. The first-order chi connectivity index (χ1) is 17.1. The van der Waals surface area contributed by atoms with Crippen LogP contribution < -0.4 is 10.9 Å². The monoisotopic (exact) mass is 490 g/mol. The summed E-state index contributed by atoms with van der Waals surface area (Å²) in [4.78, 5) is 34.2. The van der Waals surface area contributed by atoms with E-state index >= 15 is 0 Å². The zero-order chi connectivity index (χ0) is 24.5. The molecule has 2 heterocycles. The molecule has 8 heteroatoms. The lowest BCUT2D eigenvalue weighted by Gasteiger charge is -2.13. The summed E-state index contributed by atoms with van der Waals surface area (Å²) >= 11 is 1.50. The molecular formula is C27H27FN4O2S. The van der Waals surface area contributed by atoms with Gasteiger partial charge in [-0.3, -0.25) is 19.1 Å². The fraction of sp³-hybridized carbons (Fsp3) is 0.259. The van der Waals surface area contributed by atoms with Crippen molar-refractivity contribution in [2.75, 3.05) is 12.3 Å². The van der Waals surface area contributed by atoms with Crippen molar-refractivity contribution in [3.63, 3.8) is 0 Å². The van der Waals surface area contributed by atoms with E-state index in [1.165, 1.54) is 23.9 Å². The predicted molar refractivity (Wildman–Crippen MR) is 137 cm³/mol. The average molecular weight is 491 g/mol. The summed E-state index contributed by atoms with van der Waals surface area (Å²) in [6.45, 7) is 0.584. The van der Waals surface area contributed by atoms with E-state index in [4.69, 9.17) is 4.98 Å². The number of para-hydroxylation sites is 1. The Morgan fingerprint density at radius 1 is 0.971 bits per heavy atom. The summed E-state index contributed by atoms with van der Waals surface area (Å²) in [6, 6.07) is 18.8. The number of unbranched alkanes of at least 4 members (excludes halogenated alkanes) is 2. The average Bonchev–Trinajstić information content (AvgIpc) is 2.88. The minimum absolute atomic E-state index is 0.0509. The highest BCUT2D eigenvalue weighted by molar-refractivity contribution is 7.99. The van der Waals surface area contributed by atoms with Gasteiger partial charge in [-0.05, 0) is 61.4 Å². The van der Waals surface area contributed by atoms with Crippen molar-refractivity contribution in [1.82, 2.24) is 19.9 Å². The van der Waals surface area contributed by atoms with Crippen molar-refractivity contribution in [2.45, 2.75) is 37.3 Å². The Hall–Kier alpha value is -3.52. The molecule has 2 aromatic heterocycles. The van der Waals surface area contributed by atoms with Crippen LogP contribution in [0.3, 0.4) is 0 Å². The summed E-state index contributed by atoms with van der Waals surface area (Å²) in [5.74, 6) is 0.452. The van der Waals surface area contributed by atoms with Crippen LogP contribution in [0.2, 0.25) is 0 Å². The molecule has 180 valence electrons.